The molecule has 4 aromatic rings. The molecule has 0 aliphatic heterocycles. The molecule has 9 heteroatoms. The number of hydrogen-bond acceptors (Lipinski definition) is 6. The third-order valence-corrected chi connectivity index (χ3v) is 7.61. The van der Waals surface area contributed by atoms with E-state index in [1.54, 1.807) is 42.5 Å². The number of nitrogens with one attached hydrogen (secondary N) is 1. The molecule has 1 aromatic heterocycles. The van der Waals surface area contributed by atoms with Crippen LogP contribution < -0.4 is 4.72 Å². The first-order valence-electron chi connectivity index (χ1n) is 10.4. The fourth-order valence-electron chi connectivity index (χ4n) is 3.53. The number of rotatable bonds is 7. The fraction of sp³-hybridized carbons (Fsp3) is 0.208. The summed E-state index contributed by atoms with van der Waals surface area (Å²) < 4.78 is 36.6. The Hall–Kier alpha value is -2.81. The highest BCUT2D eigenvalue weighted by atomic mass is 35.5. The standard InChI is InChI=1S/C24H22ClN3O3S2/c1-15(2)17-5-10-20(11-6-17)33(30,31)28-24(29)21(13-16-3-8-19(25)9-4-16)18-7-12-22-23(14-18)27-32-26-22/h3-12,14-15,21H,13H2,1-2H3,(H,28,29). The predicted octanol–water partition coefficient (Wildman–Crippen LogP) is 5.30. The second-order valence-corrected chi connectivity index (χ2v) is 10.7. The van der Waals surface area contributed by atoms with Crippen molar-refractivity contribution in [1.82, 2.24) is 13.5 Å². The number of halogens is 1. The van der Waals surface area contributed by atoms with Crippen LogP contribution in [0.4, 0.5) is 0 Å². The Bertz CT molecular complexity index is 1380. The highest BCUT2D eigenvalue weighted by molar-refractivity contribution is 7.90. The van der Waals surface area contributed by atoms with Crippen molar-refractivity contribution in [3.05, 3.63) is 88.4 Å². The minimum atomic E-state index is -4.03. The molecule has 0 saturated heterocycles. The second kappa shape index (κ2) is 9.59. The Kier molecular flexibility index (Phi) is 6.78. The number of sulfonamides is 1. The van der Waals surface area contributed by atoms with E-state index in [4.69, 9.17) is 11.6 Å². The summed E-state index contributed by atoms with van der Waals surface area (Å²) in [5.41, 5.74) is 3.93. The van der Waals surface area contributed by atoms with Gasteiger partial charge in [-0.15, -0.1) is 0 Å². The largest absolute Gasteiger partial charge is 0.273 e. The maximum Gasteiger partial charge on any atom is 0.264 e. The van der Waals surface area contributed by atoms with Gasteiger partial charge >= 0.3 is 0 Å². The smallest absolute Gasteiger partial charge is 0.264 e. The van der Waals surface area contributed by atoms with Crippen LogP contribution in [-0.4, -0.2) is 23.1 Å². The quantitative estimate of drug-likeness (QED) is 0.372. The Morgan fingerprint density at radius 3 is 2.24 bits per heavy atom. The van der Waals surface area contributed by atoms with Crippen LogP contribution in [0.1, 0.15) is 42.4 Å². The molecule has 0 fully saturated rings. The molecule has 33 heavy (non-hydrogen) atoms. The topological polar surface area (TPSA) is 89.0 Å². The zero-order chi connectivity index (χ0) is 23.6. The molecule has 6 nitrogen and oxygen atoms in total. The van der Waals surface area contributed by atoms with Crippen LogP contribution in [0.5, 0.6) is 0 Å². The number of hydrogen-bond donors (Lipinski definition) is 1. The van der Waals surface area contributed by atoms with Crippen molar-refractivity contribution in [2.75, 3.05) is 0 Å². The molecule has 1 unspecified atom stereocenters. The van der Waals surface area contributed by atoms with Gasteiger partial charge in [-0.2, -0.15) is 8.75 Å². The molecular formula is C24H22ClN3O3S2. The number of fused-ring (bicyclic) bond motifs is 1. The van der Waals surface area contributed by atoms with Gasteiger partial charge in [-0.3, -0.25) is 4.79 Å². The molecule has 170 valence electrons. The van der Waals surface area contributed by atoms with Crippen LogP contribution >= 0.6 is 23.3 Å². The van der Waals surface area contributed by atoms with Crippen molar-refractivity contribution in [2.24, 2.45) is 0 Å². The average Bonchev–Trinajstić information content (AvgIpc) is 3.26. The van der Waals surface area contributed by atoms with Crippen LogP contribution in [0.2, 0.25) is 5.02 Å². The van der Waals surface area contributed by atoms with Gasteiger partial charge in [0.15, 0.2) is 0 Å². The van der Waals surface area contributed by atoms with E-state index in [1.807, 2.05) is 26.0 Å². The van der Waals surface area contributed by atoms with Gasteiger partial charge in [0.1, 0.15) is 11.0 Å². The monoisotopic (exact) mass is 499 g/mol. The molecular weight excluding hydrogens is 478 g/mol. The van der Waals surface area contributed by atoms with Gasteiger partial charge in [-0.05, 0) is 65.4 Å². The minimum Gasteiger partial charge on any atom is -0.273 e. The van der Waals surface area contributed by atoms with Crippen LogP contribution in [0.3, 0.4) is 0 Å². The normalized spacial score (nSPS) is 12.7. The number of carbonyl (C=O) groups excluding carboxylic acids is 1. The van der Waals surface area contributed by atoms with E-state index in [1.165, 1.54) is 12.1 Å². The van der Waals surface area contributed by atoms with Crippen molar-refractivity contribution in [3.8, 4) is 0 Å². The summed E-state index contributed by atoms with van der Waals surface area (Å²) in [5.74, 6) is -1.09. The maximum absolute atomic E-state index is 13.3. The SMILES string of the molecule is CC(C)c1ccc(S(=O)(=O)NC(=O)C(Cc2ccc(Cl)cc2)c2ccc3nsnc3c2)cc1. The Labute approximate surface area is 202 Å². The first kappa shape index (κ1) is 23.4. The minimum absolute atomic E-state index is 0.0460. The van der Waals surface area contributed by atoms with Crippen LogP contribution in [0, 0.1) is 0 Å². The number of carbonyl (C=O) groups is 1. The summed E-state index contributed by atoms with van der Waals surface area (Å²) in [6, 6.07) is 19.1. The highest BCUT2D eigenvalue weighted by Crippen LogP contribution is 2.26. The number of aromatic nitrogens is 2. The highest BCUT2D eigenvalue weighted by Gasteiger charge is 2.27. The molecule has 3 aromatic carbocycles. The van der Waals surface area contributed by atoms with E-state index in [0.29, 0.717) is 22.5 Å². The van der Waals surface area contributed by atoms with E-state index in [9.17, 15) is 13.2 Å². The summed E-state index contributed by atoms with van der Waals surface area (Å²) in [6.45, 7) is 4.06. The third kappa shape index (κ3) is 5.40. The van der Waals surface area contributed by atoms with Gasteiger partial charge in [0, 0.05) is 5.02 Å². The number of benzene rings is 3. The van der Waals surface area contributed by atoms with Gasteiger partial charge in [-0.1, -0.05) is 55.8 Å². The van der Waals surface area contributed by atoms with E-state index < -0.39 is 21.8 Å². The average molecular weight is 500 g/mol. The number of nitrogens with zero attached hydrogens (tertiary/aromatic N) is 2. The molecule has 0 saturated carbocycles. The molecule has 1 heterocycles. The van der Waals surface area contributed by atoms with Crippen LogP contribution in [0.25, 0.3) is 11.0 Å². The van der Waals surface area contributed by atoms with Gasteiger partial charge in [0.2, 0.25) is 5.91 Å². The summed E-state index contributed by atoms with van der Waals surface area (Å²) >= 11 is 7.08. The van der Waals surface area contributed by atoms with Crippen molar-refractivity contribution in [1.29, 1.82) is 0 Å². The zero-order valence-electron chi connectivity index (χ0n) is 18.0. The molecule has 1 atom stereocenters. The molecule has 0 radical (unpaired) electrons. The lowest BCUT2D eigenvalue weighted by Gasteiger charge is -2.18. The van der Waals surface area contributed by atoms with Gasteiger partial charge in [0.05, 0.1) is 22.5 Å². The van der Waals surface area contributed by atoms with Crippen LogP contribution in [0.15, 0.2) is 71.6 Å². The molecule has 1 N–H and O–H groups in total. The van der Waals surface area contributed by atoms with Gasteiger partial charge in [0.25, 0.3) is 10.0 Å². The van der Waals surface area contributed by atoms with Crippen molar-refractivity contribution in [2.45, 2.75) is 37.0 Å². The Morgan fingerprint density at radius 2 is 1.58 bits per heavy atom. The van der Waals surface area contributed by atoms with E-state index in [-0.39, 0.29) is 10.8 Å². The second-order valence-electron chi connectivity index (χ2n) is 8.09. The van der Waals surface area contributed by atoms with Crippen molar-refractivity contribution < 1.29 is 13.2 Å². The van der Waals surface area contributed by atoms with Crippen LogP contribution in [-0.2, 0) is 21.2 Å². The first-order chi connectivity index (χ1) is 15.7. The Morgan fingerprint density at radius 1 is 0.939 bits per heavy atom. The van der Waals surface area contributed by atoms with E-state index in [2.05, 4.69) is 13.5 Å². The summed E-state index contributed by atoms with van der Waals surface area (Å²) in [5, 5.41) is 0.585. The summed E-state index contributed by atoms with van der Waals surface area (Å²) in [6.07, 6.45) is 0.299. The lowest BCUT2D eigenvalue weighted by Crippen LogP contribution is -2.35. The molecule has 0 aliphatic rings. The van der Waals surface area contributed by atoms with Crippen molar-refractivity contribution in [3.63, 3.8) is 0 Å². The molecule has 0 bridgehead atoms. The first-order valence-corrected chi connectivity index (χ1v) is 13.0. The summed E-state index contributed by atoms with van der Waals surface area (Å²) in [4.78, 5) is 13.3. The summed E-state index contributed by atoms with van der Waals surface area (Å²) in [7, 11) is -4.03. The lowest BCUT2D eigenvalue weighted by molar-refractivity contribution is -0.120. The Balaban J connectivity index is 1.65. The van der Waals surface area contributed by atoms with Gasteiger partial charge in [-0.25, -0.2) is 13.1 Å². The maximum atomic E-state index is 13.3. The molecule has 1 amide bonds. The predicted molar refractivity (Wildman–Crippen MR) is 131 cm³/mol. The molecule has 4 rings (SSSR count). The molecule has 0 aliphatic carbocycles. The van der Waals surface area contributed by atoms with E-state index in [0.717, 1.165) is 28.4 Å². The fourth-order valence-corrected chi connectivity index (χ4v) is 5.19. The zero-order valence-corrected chi connectivity index (χ0v) is 20.4. The van der Waals surface area contributed by atoms with Crippen molar-refractivity contribution >= 4 is 50.3 Å². The van der Waals surface area contributed by atoms with E-state index >= 15 is 0 Å². The lowest BCUT2D eigenvalue weighted by atomic mass is 9.91. The number of amides is 1. The van der Waals surface area contributed by atoms with Gasteiger partial charge < -0.3 is 0 Å². The third-order valence-electron chi connectivity index (χ3n) is 5.44. The molecule has 0 spiro atoms.